The number of aliphatic hydroxyl groups excluding tert-OH is 1. The largest absolute Gasteiger partial charge is 0.481 e. The first kappa shape index (κ1) is 15.1. The summed E-state index contributed by atoms with van der Waals surface area (Å²) in [4.78, 5) is 11.9. The number of carbonyl (C=O) groups is 1. The van der Waals surface area contributed by atoms with Gasteiger partial charge in [0.1, 0.15) is 0 Å². The van der Waals surface area contributed by atoms with E-state index in [0.29, 0.717) is 6.54 Å². The van der Waals surface area contributed by atoms with Gasteiger partial charge in [-0.2, -0.15) is 0 Å². The molecule has 1 aromatic rings. The van der Waals surface area contributed by atoms with Crippen molar-refractivity contribution in [2.24, 2.45) is 5.41 Å². The lowest BCUT2D eigenvalue weighted by atomic mass is 9.88. The summed E-state index contributed by atoms with van der Waals surface area (Å²) < 4.78 is 0. The predicted octanol–water partition coefficient (Wildman–Crippen LogP) is 2.26. The van der Waals surface area contributed by atoms with Crippen molar-refractivity contribution in [3.8, 4) is 0 Å². The highest BCUT2D eigenvalue weighted by molar-refractivity contribution is 7.10. The summed E-state index contributed by atoms with van der Waals surface area (Å²) in [5.74, 6) is -0.817. The number of rotatable bonds is 8. The first-order chi connectivity index (χ1) is 8.50. The predicted molar refractivity (Wildman–Crippen MR) is 72.8 cm³/mol. The number of hydrogen-bond acceptors (Lipinski definition) is 4. The van der Waals surface area contributed by atoms with Crippen molar-refractivity contribution in [1.82, 2.24) is 5.32 Å². The number of nitrogens with one attached hydrogen (secondary N) is 1. The summed E-state index contributed by atoms with van der Waals surface area (Å²) in [6.45, 7) is 4.72. The molecule has 4 nitrogen and oxygen atoms in total. The third-order valence-corrected chi connectivity index (χ3v) is 4.26. The molecule has 1 aromatic heterocycles. The van der Waals surface area contributed by atoms with Gasteiger partial charge < -0.3 is 15.5 Å². The molecule has 1 heterocycles. The van der Waals surface area contributed by atoms with Gasteiger partial charge >= 0.3 is 5.97 Å². The molecule has 1 rings (SSSR count). The van der Waals surface area contributed by atoms with Crippen LogP contribution in [0.15, 0.2) is 17.5 Å². The Morgan fingerprint density at radius 3 is 2.78 bits per heavy atom. The molecule has 0 spiro atoms. The lowest BCUT2D eigenvalue weighted by molar-refractivity contribution is -0.137. The van der Waals surface area contributed by atoms with Gasteiger partial charge in [0.2, 0.25) is 0 Å². The molecule has 0 aliphatic carbocycles. The van der Waals surface area contributed by atoms with Gasteiger partial charge in [-0.25, -0.2) is 0 Å². The minimum atomic E-state index is -0.817. The normalized spacial score (nSPS) is 16.2. The molecule has 0 aliphatic rings. The van der Waals surface area contributed by atoms with Gasteiger partial charge in [0.15, 0.2) is 0 Å². The van der Waals surface area contributed by atoms with Crippen LogP contribution >= 0.6 is 11.3 Å². The molecule has 0 saturated heterocycles. The molecule has 18 heavy (non-hydrogen) atoms. The van der Waals surface area contributed by atoms with Crippen LogP contribution in [0, 0.1) is 5.41 Å². The second kappa shape index (κ2) is 6.87. The number of thiophene rings is 1. The molecule has 0 aliphatic heterocycles. The van der Waals surface area contributed by atoms with Crippen LogP contribution in [0.4, 0.5) is 0 Å². The maximum atomic E-state index is 10.9. The quantitative estimate of drug-likeness (QED) is 0.678. The maximum absolute atomic E-state index is 10.9. The second-order valence-electron chi connectivity index (χ2n) is 4.87. The summed E-state index contributed by atoms with van der Waals surface area (Å²) in [6.07, 6.45) is 0.909. The van der Waals surface area contributed by atoms with E-state index >= 15 is 0 Å². The second-order valence-corrected chi connectivity index (χ2v) is 5.85. The lowest BCUT2D eigenvalue weighted by Gasteiger charge is -2.28. The molecule has 2 atom stereocenters. The number of hydrogen-bond donors (Lipinski definition) is 3. The monoisotopic (exact) mass is 271 g/mol. The van der Waals surface area contributed by atoms with E-state index < -0.39 is 5.97 Å². The molecule has 0 radical (unpaired) electrons. The fraction of sp³-hybridized carbons (Fsp3) is 0.615. The van der Waals surface area contributed by atoms with Crippen LogP contribution in [0.25, 0.3) is 0 Å². The molecule has 0 amide bonds. The molecule has 0 aromatic carbocycles. The van der Waals surface area contributed by atoms with Crippen molar-refractivity contribution in [3.05, 3.63) is 22.4 Å². The van der Waals surface area contributed by atoms with Crippen molar-refractivity contribution in [2.75, 3.05) is 13.2 Å². The number of aliphatic carboxylic acids is 1. The van der Waals surface area contributed by atoms with Gasteiger partial charge in [0.05, 0.1) is 12.5 Å². The van der Waals surface area contributed by atoms with Crippen LogP contribution in [-0.2, 0) is 4.79 Å². The van der Waals surface area contributed by atoms with Crippen LogP contribution in [0.2, 0.25) is 0 Å². The Morgan fingerprint density at radius 1 is 1.61 bits per heavy atom. The van der Waals surface area contributed by atoms with Crippen molar-refractivity contribution in [2.45, 2.75) is 32.7 Å². The van der Waals surface area contributed by atoms with Crippen molar-refractivity contribution in [3.63, 3.8) is 0 Å². The third kappa shape index (κ3) is 4.40. The molecule has 102 valence electrons. The van der Waals surface area contributed by atoms with Gasteiger partial charge in [-0.15, -0.1) is 11.3 Å². The van der Waals surface area contributed by atoms with Gasteiger partial charge in [-0.3, -0.25) is 4.79 Å². The Morgan fingerprint density at radius 2 is 2.33 bits per heavy atom. The molecule has 5 heteroatoms. The number of aliphatic hydroxyl groups is 1. The van der Waals surface area contributed by atoms with Gasteiger partial charge in [0.25, 0.3) is 0 Å². The number of carboxylic acid groups (broad SMARTS) is 1. The SMILES string of the molecule is CCC(C)(CO)CNC(CC(=O)O)c1cccs1. The van der Waals surface area contributed by atoms with Gasteiger partial charge in [0, 0.05) is 23.4 Å². The zero-order chi connectivity index (χ0) is 13.6. The van der Waals surface area contributed by atoms with E-state index in [1.54, 1.807) is 11.3 Å². The average Bonchev–Trinajstić information content (AvgIpc) is 2.87. The van der Waals surface area contributed by atoms with Crippen LogP contribution in [0.5, 0.6) is 0 Å². The van der Waals surface area contributed by atoms with Gasteiger partial charge in [-0.05, 0) is 17.9 Å². The zero-order valence-corrected chi connectivity index (χ0v) is 11.7. The standard InChI is InChI=1S/C13H21NO3S/c1-3-13(2,9-15)8-14-10(7-12(16)17)11-5-4-6-18-11/h4-6,10,14-15H,3,7-9H2,1-2H3,(H,16,17). The Hall–Kier alpha value is -0.910. The highest BCUT2D eigenvalue weighted by Crippen LogP contribution is 2.25. The molecule has 2 unspecified atom stereocenters. The van der Waals surface area contributed by atoms with Crippen molar-refractivity contribution < 1.29 is 15.0 Å². The van der Waals surface area contributed by atoms with Crippen LogP contribution in [0.3, 0.4) is 0 Å². The van der Waals surface area contributed by atoms with E-state index in [1.165, 1.54) is 0 Å². The lowest BCUT2D eigenvalue weighted by Crippen LogP contribution is -2.36. The first-order valence-electron chi connectivity index (χ1n) is 6.10. The summed E-state index contributed by atoms with van der Waals surface area (Å²) in [6, 6.07) is 3.68. The first-order valence-corrected chi connectivity index (χ1v) is 6.98. The highest BCUT2D eigenvalue weighted by Gasteiger charge is 2.24. The Kier molecular flexibility index (Phi) is 5.78. The molecular weight excluding hydrogens is 250 g/mol. The molecule has 0 fully saturated rings. The maximum Gasteiger partial charge on any atom is 0.305 e. The summed E-state index contributed by atoms with van der Waals surface area (Å²) in [5, 5.41) is 23.5. The zero-order valence-electron chi connectivity index (χ0n) is 10.8. The molecule has 0 bridgehead atoms. The Bertz CT molecular complexity index is 360. The van der Waals surface area contributed by atoms with Crippen LogP contribution < -0.4 is 5.32 Å². The fourth-order valence-corrected chi connectivity index (χ4v) is 2.40. The topological polar surface area (TPSA) is 69.6 Å². The average molecular weight is 271 g/mol. The fourth-order valence-electron chi connectivity index (χ4n) is 1.60. The van der Waals surface area contributed by atoms with Crippen molar-refractivity contribution >= 4 is 17.3 Å². The number of carboxylic acids is 1. The third-order valence-electron chi connectivity index (χ3n) is 3.28. The van der Waals surface area contributed by atoms with Crippen molar-refractivity contribution in [1.29, 1.82) is 0 Å². The minimum absolute atomic E-state index is 0.0612. The van der Waals surface area contributed by atoms with E-state index in [9.17, 15) is 9.90 Å². The Labute approximate surface area is 112 Å². The van der Waals surface area contributed by atoms with E-state index in [4.69, 9.17) is 5.11 Å². The van der Waals surface area contributed by atoms with E-state index in [0.717, 1.165) is 11.3 Å². The smallest absolute Gasteiger partial charge is 0.305 e. The van der Waals surface area contributed by atoms with Gasteiger partial charge in [-0.1, -0.05) is 19.9 Å². The summed E-state index contributed by atoms with van der Waals surface area (Å²) in [5.41, 5.74) is -0.200. The van der Waals surface area contributed by atoms with E-state index in [1.807, 2.05) is 31.4 Å². The summed E-state index contributed by atoms with van der Waals surface area (Å²) >= 11 is 1.55. The van der Waals surface area contributed by atoms with Crippen LogP contribution in [0.1, 0.15) is 37.6 Å². The van der Waals surface area contributed by atoms with E-state index in [-0.39, 0.29) is 24.5 Å². The Balaban J connectivity index is 2.65. The van der Waals surface area contributed by atoms with E-state index in [2.05, 4.69) is 5.32 Å². The molecule has 0 saturated carbocycles. The highest BCUT2D eigenvalue weighted by atomic mass is 32.1. The van der Waals surface area contributed by atoms with Crippen LogP contribution in [-0.4, -0.2) is 29.3 Å². The molecular formula is C13H21NO3S. The summed E-state index contributed by atoms with van der Waals surface area (Å²) in [7, 11) is 0. The molecule has 3 N–H and O–H groups in total. The minimum Gasteiger partial charge on any atom is -0.481 e.